The summed E-state index contributed by atoms with van der Waals surface area (Å²) in [4.78, 5) is 28.0. The summed E-state index contributed by atoms with van der Waals surface area (Å²) in [6.45, 7) is 9.05. The van der Waals surface area contributed by atoms with Crippen molar-refractivity contribution in [2.75, 3.05) is 0 Å². The Balaban J connectivity index is 2.93. The largest absolute Gasteiger partial charge is 0.479 e. The highest BCUT2D eigenvalue weighted by molar-refractivity contribution is 5.81. The number of nitrogens with zero attached hydrogens (tertiary/aromatic N) is 1. The van der Waals surface area contributed by atoms with Gasteiger partial charge in [0.1, 0.15) is 5.78 Å². The molecule has 0 saturated carbocycles. The Labute approximate surface area is 102 Å². The quantitative estimate of drug-likeness (QED) is 0.815. The highest BCUT2D eigenvalue weighted by atomic mass is 16.7. The summed E-state index contributed by atoms with van der Waals surface area (Å²) in [5.41, 5.74) is -0.967. The summed E-state index contributed by atoms with van der Waals surface area (Å²) in [5.74, 6) is -0.823. The van der Waals surface area contributed by atoms with Crippen molar-refractivity contribution in [3.63, 3.8) is 0 Å². The van der Waals surface area contributed by atoms with E-state index in [-0.39, 0.29) is 5.78 Å². The molecule has 1 aliphatic heterocycles. The summed E-state index contributed by atoms with van der Waals surface area (Å²) in [5, 5.41) is 10.6. The van der Waals surface area contributed by atoms with Crippen LogP contribution in [-0.2, 0) is 14.4 Å². The van der Waals surface area contributed by atoms with Crippen LogP contribution in [0, 0.1) is 0 Å². The van der Waals surface area contributed by atoms with E-state index in [9.17, 15) is 9.59 Å². The van der Waals surface area contributed by atoms with Crippen molar-refractivity contribution in [1.82, 2.24) is 5.06 Å². The molecule has 1 heterocycles. The van der Waals surface area contributed by atoms with Gasteiger partial charge in [-0.2, -0.15) is 5.06 Å². The van der Waals surface area contributed by atoms with Crippen LogP contribution in [0.2, 0.25) is 0 Å². The summed E-state index contributed by atoms with van der Waals surface area (Å²) in [6.07, 6.45) is -0.160. The van der Waals surface area contributed by atoms with Crippen LogP contribution in [0.25, 0.3) is 0 Å². The average Bonchev–Trinajstić information content (AvgIpc) is 2.08. The van der Waals surface area contributed by atoms with Crippen LogP contribution in [0.4, 0.5) is 0 Å². The number of carbonyl (C=O) groups is 2. The standard InChI is InChI=1S/C12H21NO4/c1-8(10(15)16)17-13-11(2,3)6-9(14)7-12(13,4)5/h8H,6-7H2,1-5H3,(H,15,16). The van der Waals surface area contributed by atoms with Crippen LogP contribution in [-0.4, -0.2) is 39.1 Å². The number of hydroxylamine groups is 2. The summed E-state index contributed by atoms with van der Waals surface area (Å²) < 4.78 is 0. The third kappa shape index (κ3) is 3.04. The fourth-order valence-electron chi connectivity index (χ4n) is 2.48. The molecule has 0 bridgehead atoms. The maximum absolute atomic E-state index is 11.7. The minimum atomic E-state index is -1.01. The molecule has 17 heavy (non-hydrogen) atoms. The third-order valence-corrected chi connectivity index (χ3v) is 2.97. The Morgan fingerprint density at radius 3 is 2.06 bits per heavy atom. The first-order chi connectivity index (χ1) is 7.56. The molecule has 1 saturated heterocycles. The molecular weight excluding hydrogens is 222 g/mol. The first kappa shape index (κ1) is 14.1. The van der Waals surface area contributed by atoms with Gasteiger partial charge in [-0.3, -0.25) is 9.63 Å². The van der Waals surface area contributed by atoms with Crippen molar-refractivity contribution in [1.29, 1.82) is 0 Å². The number of ketones is 1. The molecular formula is C12H21NO4. The number of hydrogen-bond acceptors (Lipinski definition) is 4. The number of aliphatic carboxylic acids is 1. The maximum atomic E-state index is 11.7. The van der Waals surface area contributed by atoms with Gasteiger partial charge in [-0.15, -0.1) is 0 Å². The highest BCUT2D eigenvalue weighted by Gasteiger charge is 2.47. The number of rotatable bonds is 3. The van der Waals surface area contributed by atoms with Gasteiger partial charge in [-0.05, 0) is 34.6 Å². The maximum Gasteiger partial charge on any atom is 0.334 e. The van der Waals surface area contributed by atoms with Gasteiger partial charge >= 0.3 is 5.97 Å². The minimum absolute atomic E-state index is 0.183. The molecule has 1 atom stereocenters. The van der Waals surface area contributed by atoms with E-state index >= 15 is 0 Å². The van der Waals surface area contributed by atoms with Crippen molar-refractivity contribution in [2.45, 2.75) is 64.6 Å². The minimum Gasteiger partial charge on any atom is -0.479 e. The Hall–Kier alpha value is -0.940. The molecule has 0 aromatic rings. The summed E-state index contributed by atoms with van der Waals surface area (Å²) >= 11 is 0. The van der Waals surface area contributed by atoms with E-state index in [1.807, 2.05) is 27.7 Å². The van der Waals surface area contributed by atoms with Crippen LogP contribution in [0.1, 0.15) is 47.5 Å². The second kappa shape index (κ2) is 4.38. The second-order valence-corrected chi connectivity index (χ2v) is 5.90. The molecule has 0 aliphatic carbocycles. The van der Waals surface area contributed by atoms with E-state index in [1.165, 1.54) is 6.92 Å². The second-order valence-electron chi connectivity index (χ2n) is 5.90. The van der Waals surface area contributed by atoms with Gasteiger partial charge in [0.05, 0.1) is 0 Å². The molecule has 5 nitrogen and oxygen atoms in total. The van der Waals surface area contributed by atoms with Gasteiger partial charge in [0.2, 0.25) is 0 Å². The predicted octanol–water partition coefficient (Wildman–Crippen LogP) is 1.61. The van der Waals surface area contributed by atoms with Crippen LogP contribution in [0.5, 0.6) is 0 Å². The monoisotopic (exact) mass is 243 g/mol. The normalized spacial score (nSPS) is 25.6. The molecule has 1 N–H and O–H groups in total. The van der Waals surface area contributed by atoms with Gasteiger partial charge in [-0.25, -0.2) is 4.79 Å². The lowest BCUT2D eigenvalue weighted by Crippen LogP contribution is -2.61. The van der Waals surface area contributed by atoms with Gasteiger partial charge in [0.25, 0.3) is 0 Å². The van der Waals surface area contributed by atoms with Gasteiger partial charge < -0.3 is 5.11 Å². The van der Waals surface area contributed by atoms with E-state index < -0.39 is 23.2 Å². The molecule has 5 heteroatoms. The lowest BCUT2D eigenvalue weighted by atomic mass is 9.81. The zero-order valence-electron chi connectivity index (χ0n) is 11.1. The topological polar surface area (TPSA) is 66.8 Å². The number of carboxylic acid groups (broad SMARTS) is 1. The van der Waals surface area contributed by atoms with E-state index in [1.54, 1.807) is 5.06 Å². The van der Waals surface area contributed by atoms with Crippen LogP contribution >= 0.6 is 0 Å². The van der Waals surface area contributed by atoms with Crippen molar-refractivity contribution in [2.24, 2.45) is 0 Å². The Morgan fingerprint density at radius 2 is 1.71 bits per heavy atom. The van der Waals surface area contributed by atoms with E-state index in [0.29, 0.717) is 12.8 Å². The molecule has 1 unspecified atom stereocenters. The molecule has 0 radical (unpaired) electrons. The first-order valence-electron chi connectivity index (χ1n) is 5.78. The number of carbonyl (C=O) groups excluding carboxylic acids is 1. The predicted molar refractivity (Wildman–Crippen MR) is 62.4 cm³/mol. The van der Waals surface area contributed by atoms with Crippen molar-refractivity contribution in [3.05, 3.63) is 0 Å². The fourth-order valence-corrected chi connectivity index (χ4v) is 2.48. The molecule has 0 aromatic heterocycles. The lowest BCUT2D eigenvalue weighted by molar-refractivity contribution is -0.293. The SMILES string of the molecule is CC(ON1C(C)(C)CC(=O)CC1(C)C)C(=O)O. The van der Waals surface area contributed by atoms with E-state index in [2.05, 4.69) is 0 Å². The summed E-state index contributed by atoms with van der Waals surface area (Å²) in [7, 11) is 0. The van der Waals surface area contributed by atoms with Crippen LogP contribution in [0.15, 0.2) is 0 Å². The Morgan fingerprint density at radius 1 is 1.29 bits per heavy atom. The van der Waals surface area contributed by atoms with Crippen LogP contribution in [0.3, 0.4) is 0 Å². The van der Waals surface area contributed by atoms with E-state index in [4.69, 9.17) is 9.94 Å². The first-order valence-corrected chi connectivity index (χ1v) is 5.78. The van der Waals surface area contributed by atoms with Crippen molar-refractivity contribution >= 4 is 11.8 Å². The zero-order chi connectivity index (χ0) is 13.4. The number of hydrogen-bond donors (Lipinski definition) is 1. The Bertz CT molecular complexity index is 315. The zero-order valence-corrected chi connectivity index (χ0v) is 11.1. The van der Waals surface area contributed by atoms with Crippen LogP contribution < -0.4 is 0 Å². The molecule has 0 aromatic carbocycles. The number of carboxylic acids is 1. The molecule has 0 spiro atoms. The molecule has 98 valence electrons. The van der Waals surface area contributed by atoms with Gasteiger partial charge in [0.15, 0.2) is 6.10 Å². The van der Waals surface area contributed by atoms with Gasteiger partial charge in [-0.1, -0.05) is 0 Å². The van der Waals surface area contributed by atoms with E-state index in [0.717, 1.165) is 0 Å². The summed E-state index contributed by atoms with van der Waals surface area (Å²) in [6, 6.07) is 0. The molecule has 1 aliphatic rings. The van der Waals surface area contributed by atoms with Gasteiger partial charge in [0, 0.05) is 23.9 Å². The van der Waals surface area contributed by atoms with Crippen molar-refractivity contribution in [3.8, 4) is 0 Å². The Kier molecular flexibility index (Phi) is 3.64. The molecule has 0 amide bonds. The number of piperidine rings is 1. The molecule has 1 fully saturated rings. The lowest BCUT2D eigenvalue weighted by Gasteiger charge is -2.50. The number of Topliss-reactive ketones (excluding diaryl/α,β-unsaturated/α-hetero) is 1. The molecule has 1 rings (SSSR count). The average molecular weight is 243 g/mol. The highest BCUT2D eigenvalue weighted by Crippen LogP contribution is 2.37. The smallest absolute Gasteiger partial charge is 0.334 e. The fraction of sp³-hybridized carbons (Fsp3) is 0.833. The van der Waals surface area contributed by atoms with Crippen molar-refractivity contribution < 1.29 is 19.5 Å². The third-order valence-electron chi connectivity index (χ3n) is 2.97.